The van der Waals surface area contributed by atoms with Crippen LogP contribution in [-0.2, 0) is 14.4 Å². The quantitative estimate of drug-likeness (QED) is 0.101. The molecule has 5 aliphatic rings. The zero-order valence-electron chi connectivity index (χ0n) is 32.6. The van der Waals surface area contributed by atoms with Crippen molar-refractivity contribution in [1.29, 1.82) is 0 Å². The highest BCUT2D eigenvalue weighted by Gasteiger charge is 2.71. The summed E-state index contributed by atoms with van der Waals surface area (Å²) in [6.07, 6.45) is 20.0. The molecule has 7 heteroatoms. The molecule has 0 saturated heterocycles. The average molecular weight is 697 g/mol. The summed E-state index contributed by atoms with van der Waals surface area (Å²) in [6, 6.07) is 0. The maximum atomic E-state index is 14.4. The Hall–Kier alpha value is -1.89. The lowest BCUT2D eigenvalue weighted by Crippen LogP contribution is -2.67. The number of allylic oxidation sites excluding steroid dienone is 1. The van der Waals surface area contributed by atoms with Gasteiger partial charge in [0.05, 0.1) is 11.5 Å². The number of carboxylic acid groups (broad SMARTS) is 1. The van der Waals surface area contributed by atoms with Crippen molar-refractivity contribution in [2.45, 2.75) is 170 Å². The Morgan fingerprint density at radius 2 is 1.38 bits per heavy atom. The van der Waals surface area contributed by atoms with Crippen LogP contribution >= 0.6 is 0 Å². The van der Waals surface area contributed by atoms with Crippen LogP contribution in [0.15, 0.2) is 12.2 Å². The van der Waals surface area contributed by atoms with Crippen molar-refractivity contribution in [3.63, 3.8) is 0 Å². The normalized spacial score (nSPS) is 40.1. The summed E-state index contributed by atoms with van der Waals surface area (Å²) in [5.74, 6) is 1.74. The topological polar surface area (TPSA) is 116 Å². The minimum atomic E-state index is -1.01. The first-order chi connectivity index (χ1) is 23.5. The molecule has 4 N–H and O–H groups in total. The maximum absolute atomic E-state index is 14.4. The van der Waals surface area contributed by atoms with Gasteiger partial charge in [-0.25, -0.2) is 0 Å². The predicted molar refractivity (Wildman–Crippen MR) is 200 cm³/mol. The Kier molecular flexibility index (Phi) is 12.0. The van der Waals surface area contributed by atoms with Gasteiger partial charge in [0.15, 0.2) is 0 Å². The molecule has 0 aromatic rings. The van der Waals surface area contributed by atoms with Gasteiger partial charge >= 0.3 is 5.97 Å². The summed E-state index contributed by atoms with van der Waals surface area (Å²) in [5, 5.41) is 25.6. The molecular weight excluding hydrogens is 624 g/mol. The fourth-order valence-electron chi connectivity index (χ4n) is 13.6. The van der Waals surface area contributed by atoms with Gasteiger partial charge in [0.25, 0.3) is 0 Å². The molecule has 0 aromatic heterocycles. The van der Waals surface area contributed by atoms with Gasteiger partial charge in [-0.05, 0) is 135 Å². The highest BCUT2D eigenvalue weighted by molar-refractivity contribution is 5.84. The Balaban J connectivity index is 1.15. The zero-order chi connectivity index (χ0) is 36.5. The number of nitrogens with one attached hydrogen (secondary N) is 2. The molecule has 5 aliphatic carbocycles. The molecule has 0 spiro atoms. The number of amides is 2. The minimum absolute atomic E-state index is 0.0321. The Morgan fingerprint density at radius 1 is 0.720 bits per heavy atom. The largest absolute Gasteiger partial charge is 0.480 e. The molecule has 2 amide bonds. The fourth-order valence-corrected chi connectivity index (χ4v) is 13.6. The van der Waals surface area contributed by atoms with E-state index in [2.05, 4.69) is 58.8 Å². The highest BCUT2D eigenvalue weighted by Crippen LogP contribution is 2.77. The van der Waals surface area contributed by atoms with Crippen LogP contribution in [0, 0.1) is 56.7 Å². The molecule has 0 heterocycles. The molecule has 0 radical (unpaired) electrons. The number of fused-ring (bicyclic) bond motifs is 7. The lowest BCUT2D eigenvalue weighted by molar-refractivity contribution is -0.246. The third-order valence-corrected chi connectivity index (χ3v) is 16.6. The van der Waals surface area contributed by atoms with Crippen molar-refractivity contribution in [1.82, 2.24) is 10.6 Å². The summed E-state index contributed by atoms with van der Waals surface area (Å²) in [4.78, 5) is 36.6. The van der Waals surface area contributed by atoms with Crippen LogP contribution in [0.5, 0.6) is 0 Å². The third kappa shape index (κ3) is 6.96. The molecule has 7 nitrogen and oxygen atoms in total. The number of rotatable bonds is 15. The molecule has 5 saturated carbocycles. The molecule has 10 atom stereocenters. The molecule has 284 valence electrons. The van der Waals surface area contributed by atoms with E-state index in [0.29, 0.717) is 41.9 Å². The number of carboxylic acids is 1. The number of aliphatic carboxylic acids is 1. The molecule has 50 heavy (non-hydrogen) atoms. The SMILES string of the molecule is C=C(C)[C@@H]1CC[C@]2(C(=O)NCCCCCCCCCCC(=O)NCC(=O)O)CC[C@]3(C)[C@H](CCC4[C@@]5(C)CC[C@H](O)C(C)(C)[C@@H]5CC[C@]43C)[C@@H]12. The number of hydrogen-bond acceptors (Lipinski definition) is 4. The van der Waals surface area contributed by atoms with Crippen molar-refractivity contribution in [3.8, 4) is 0 Å². The van der Waals surface area contributed by atoms with Gasteiger partial charge in [-0.2, -0.15) is 0 Å². The number of carbonyl (C=O) groups excluding carboxylic acids is 2. The van der Waals surface area contributed by atoms with Crippen LogP contribution in [0.1, 0.15) is 164 Å². The van der Waals surface area contributed by atoms with E-state index in [4.69, 9.17) is 5.11 Å². The van der Waals surface area contributed by atoms with Crippen LogP contribution in [-0.4, -0.2) is 47.2 Å². The van der Waals surface area contributed by atoms with E-state index in [1.165, 1.54) is 37.7 Å². The van der Waals surface area contributed by atoms with Crippen molar-refractivity contribution < 1.29 is 24.6 Å². The molecule has 5 fully saturated rings. The lowest BCUT2D eigenvalue weighted by Gasteiger charge is -2.72. The Morgan fingerprint density at radius 3 is 2.04 bits per heavy atom. The molecule has 0 bridgehead atoms. The van der Waals surface area contributed by atoms with Crippen LogP contribution < -0.4 is 10.6 Å². The second-order valence-corrected chi connectivity index (χ2v) is 19.2. The van der Waals surface area contributed by atoms with Crippen molar-refractivity contribution >= 4 is 17.8 Å². The first-order valence-electron chi connectivity index (χ1n) is 20.6. The molecule has 0 aliphatic heterocycles. The van der Waals surface area contributed by atoms with Gasteiger partial charge in [-0.1, -0.05) is 85.3 Å². The summed E-state index contributed by atoms with van der Waals surface area (Å²) in [5.41, 5.74) is 1.71. The second-order valence-electron chi connectivity index (χ2n) is 19.2. The highest BCUT2D eigenvalue weighted by atomic mass is 16.4. The molecular formula is C43H72N2O5. The minimum Gasteiger partial charge on any atom is -0.480 e. The van der Waals surface area contributed by atoms with E-state index >= 15 is 0 Å². The second kappa shape index (κ2) is 15.2. The summed E-state index contributed by atoms with van der Waals surface area (Å²) >= 11 is 0. The first kappa shape index (κ1) is 39.3. The number of carbonyl (C=O) groups is 3. The van der Waals surface area contributed by atoms with Crippen molar-refractivity contribution in [3.05, 3.63) is 12.2 Å². The number of aliphatic hydroxyl groups excluding tert-OH is 1. The maximum Gasteiger partial charge on any atom is 0.322 e. The fraction of sp³-hybridized carbons (Fsp3) is 0.884. The Labute approximate surface area is 304 Å². The van der Waals surface area contributed by atoms with Crippen molar-refractivity contribution in [2.75, 3.05) is 13.1 Å². The number of hydrogen-bond donors (Lipinski definition) is 4. The molecule has 1 unspecified atom stereocenters. The first-order valence-corrected chi connectivity index (χ1v) is 20.6. The van der Waals surface area contributed by atoms with Crippen LogP contribution in [0.3, 0.4) is 0 Å². The zero-order valence-corrected chi connectivity index (χ0v) is 32.6. The van der Waals surface area contributed by atoms with Gasteiger partial charge in [-0.15, -0.1) is 0 Å². The lowest BCUT2D eigenvalue weighted by atomic mass is 9.32. The third-order valence-electron chi connectivity index (χ3n) is 16.6. The number of unbranched alkanes of at least 4 members (excludes halogenated alkanes) is 7. The van der Waals surface area contributed by atoms with E-state index in [1.807, 2.05) is 0 Å². The van der Waals surface area contributed by atoms with Crippen LogP contribution in [0.2, 0.25) is 0 Å². The average Bonchev–Trinajstić information content (AvgIpc) is 3.46. The van der Waals surface area contributed by atoms with Crippen LogP contribution in [0.25, 0.3) is 0 Å². The van der Waals surface area contributed by atoms with Gasteiger partial charge < -0.3 is 20.8 Å². The number of aliphatic hydroxyl groups is 1. The summed E-state index contributed by atoms with van der Waals surface area (Å²) < 4.78 is 0. The van der Waals surface area contributed by atoms with Gasteiger partial charge in [0, 0.05) is 13.0 Å². The van der Waals surface area contributed by atoms with E-state index in [0.717, 1.165) is 90.0 Å². The van der Waals surface area contributed by atoms with Crippen LogP contribution in [0.4, 0.5) is 0 Å². The van der Waals surface area contributed by atoms with E-state index in [-0.39, 0.29) is 45.6 Å². The molecule has 5 rings (SSSR count). The summed E-state index contributed by atoms with van der Waals surface area (Å²) in [7, 11) is 0. The van der Waals surface area contributed by atoms with E-state index < -0.39 is 5.97 Å². The standard InChI is InChI=1S/C43H72N2O5/c1-29(2)30-19-24-43(38(50)44-27-15-13-11-9-8-10-12-14-16-35(47)45-28-36(48)49)26-25-41(6)31(37(30)43)17-18-33-40(5)22-21-34(46)39(3,4)32(40)20-23-42(33,41)7/h30-34,37,46H,1,8-28H2,2-7H3,(H,44,50)(H,45,47)(H,48,49)/t30-,31+,32-,33?,34-,37+,40-,41+,42+,43-/m0/s1. The van der Waals surface area contributed by atoms with E-state index in [9.17, 15) is 19.5 Å². The predicted octanol–water partition coefficient (Wildman–Crippen LogP) is 8.83. The smallest absolute Gasteiger partial charge is 0.322 e. The monoisotopic (exact) mass is 697 g/mol. The van der Waals surface area contributed by atoms with E-state index in [1.54, 1.807) is 0 Å². The van der Waals surface area contributed by atoms with Gasteiger partial charge in [-0.3, -0.25) is 14.4 Å². The summed E-state index contributed by atoms with van der Waals surface area (Å²) in [6.45, 7) is 19.8. The van der Waals surface area contributed by atoms with Crippen molar-refractivity contribution in [2.24, 2.45) is 56.7 Å². The van der Waals surface area contributed by atoms with Gasteiger partial charge in [0.1, 0.15) is 6.54 Å². The molecule has 0 aromatic carbocycles. The van der Waals surface area contributed by atoms with Gasteiger partial charge in [0.2, 0.25) is 11.8 Å². The Bertz CT molecular complexity index is 1260.